The van der Waals surface area contributed by atoms with Crippen LogP contribution in [0.4, 0.5) is 5.69 Å². The second-order valence-electron chi connectivity index (χ2n) is 4.86. The van der Waals surface area contributed by atoms with E-state index in [4.69, 9.17) is 5.14 Å². The summed E-state index contributed by atoms with van der Waals surface area (Å²) in [5.74, 6) is 0. The van der Waals surface area contributed by atoms with Crippen LogP contribution in [-0.4, -0.2) is 25.9 Å². The SMILES string of the molecule is CCCNC(CC)Cc1ccc(S(N)(=O)=O)cc1[N+](=O)[O-]. The Bertz CT molecular complexity index is 601. The molecule has 1 aromatic carbocycles. The van der Waals surface area contributed by atoms with Gasteiger partial charge in [0.05, 0.1) is 9.82 Å². The van der Waals surface area contributed by atoms with Crippen molar-refractivity contribution >= 4 is 15.7 Å². The van der Waals surface area contributed by atoms with Gasteiger partial charge in [0.1, 0.15) is 0 Å². The Morgan fingerprint density at radius 2 is 2.05 bits per heavy atom. The Morgan fingerprint density at radius 3 is 2.52 bits per heavy atom. The molecule has 0 bridgehead atoms. The zero-order valence-corrected chi connectivity index (χ0v) is 13.0. The number of nitro groups is 1. The second kappa shape index (κ2) is 7.48. The van der Waals surface area contributed by atoms with Crippen molar-refractivity contribution in [1.82, 2.24) is 5.32 Å². The van der Waals surface area contributed by atoms with Crippen LogP contribution < -0.4 is 10.5 Å². The molecule has 118 valence electrons. The molecule has 7 nitrogen and oxygen atoms in total. The van der Waals surface area contributed by atoms with Gasteiger partial charge in [-0.05, 0) is 31.9 Å². The minimum Gasteiger partial charge on any atom is -0.314 e. The van der Waals surface area contributed by atoms with Crippen molar-refractivity contribution in [3.05, 3.63) is 33.9 Å². The van der Waals surface area contributed by atoms with Crippen LogP contribution in [0.2, 0.25) is 0 Å². The molecular weight excluding hydrogens is 294 g/mol. The summed E-state index contributed by atoms with van der Waals surface area (Å²) in [6.45, 7) is 4.88. The van der Waals surface area contributed by atoms with Crippen LogP contribution in [0.1, 0.15) is 32.3 Å². The topological polar surface area (TPSA) is 115 Å². The lowest BCUT2D eigenvalue weighted by atomic mass is 10.0. The highest BCUT2D eigenvalue weighted by Crippen LogP contribution is 2.24. The third-order valence-electron chi connectivity index (χ3n) is 3.22. The summed E-state index contributed by atoms with van der Waals surface area (Å²) in [5, 5.41) is 19.5. The number of nitrogens with two attached hydrogens (primary N) is 1. The number of hydrogen-bond acceptors (Lipinski definition) is 5. The number of rotatable bonds is 8. The lowest BCUT2D eigenvalue weighted by Crippen LogP contribution is -2.31. The maximum atomic E-state index is 11.3. The molecule has 0 saturated carbocycles. The van der Waals surface area contributed by atoms with Gasteiger partial charge < -0.3 is 5.32 Å². The van der Waals surface area contributed by atoms with Crippen LogP contribution in [-0.2, 0) is 16.4 Å². The van der Waals surface area contributed by atoms with E-state index in [1.807, 2.05) is 13.8 Å². The third-order valence-corrected chi connectivity index (χ3v) is 4.14. The summed E-state index contributed by atoms with van der Waals surface area (Å²) in [6, 6.07) is 3.92. The number of nitrogens with zero attached hydrogens (tertiary/aromatic N) is 1. The Labute approximate surface area is 124 Å². The first-order chi connectivity index (χ1) is 9.79. The third kappa shape index (κ3) is 5.07. The molecule has 21 heavy (non-hydrogen) atoms. The van der Waals surface area contributed by atoms with Gasteiger partial charge in [0.2, 0.25) is 10.0 Å². The van der Waals surface area contributed by atoms with E-state index in [-0.39, 0.29) is 16.6 Å². The van der Waals surface area contributed by atoms with E-state index in [0.717, 1.165) is 25.5 Å². The highest BCUT2D eigenvalue weighted by Gasteiger charge is 2.20. The van der Waals surface area contributed by atoms with Crippen molar-refractivity contribution in [1.29, 1.82) is 0 Å². The van der Waals surface area contributed by atoms with E-state index in [0.29, 0.717) is 12.0 Å². The van der Waals surface area contributed by atoms with E-state index in [1.54, 1.807) is 0 Å². The molecule has 0 amide bonds. The van der Waals surface area contributed by atoms with Gasteiger partial charge in [-0.2, -0.15) is 0 Å². The first kappa shape index (κ1) is 17.5. The average Bonchev–Trinajstić information content (AvgIpc) is 2.42. The summed E-state index contributed by atoms with van der Waals surface area (Å²) < 4.78 is 22.6. The van der Waals surface area contributed by atoms with Crippen molar-refractivity contribution in [3.63, 3.8) is 0 Å². The van der Waals surface area contributed by atoms with Crippen molar-refractivity contribution in [3.8, 4) is 0 Å². The highest BCUT2D eigenvalue weighted by molar-refractivity contribution is 7.89. The molecule has 0 saturated heterocycles. The molecule has 0 aliphatic rings. The molecule has 1 atom stereocenters. The van der Waals surface area contributed by atoms with Gasteiger partial charge in [0, 0.05) is 17.7 Å². The largest absolute Gasteiger partial charge is 0.314 e. The molecule has 1 aromatic rings. The van der Waals surface area contributed by atoms with Crippen molar-refractivity contribution < 1.29 is 13.3 Å². The van der Waals surface area contributed by atoms with Gasteiger partial charge in [-0.15, -0.1) is 0 Å². The van der Waals surface area contributed by atoms with Crippen LogP contribution >= 0.6 is 0 Å². The molecule has 0 fully saturated rings. The smallest absolute Gasteiger partial charge is 0.273 e. The van der Waals surface area contributed by atoms with Crippen LogP contribution in [0, 0.1) is 10.1 Å². The van der Waals surface area contributed by atoms with E-state index >= 15 is 0 Å². The summed E-state index contributed by atoms with van der Waals surface area (Å²) in [6.07, 6.45) is 2.27. The summed E-state index contributed by atoms with van der Waals surface area (Å²) in [5.41, 5.74) is 0.293. The molecule has 0 radical (unpaired) electrons. The highest BCUT2D eigenvalue weighted by atomic mass is 32.2. The fraction of sp³-hybridized carbons (Fsp3) is 0.538. The maximum Gasteiger partial charge on any atom is 0.273 e. The Kier molecular flexibility index (Phi) is 6.25. The van der Waals surface area contributed by atoms with Gasteiger partial charge in [-0.3, -0.25) is 10.1 Å². The Hall–Kier alpha value is -1.51. The predicted molar refractivity (Wildman–Crippen MR) is 80.5 cm³/mol. The molecule has 0 aromatic heterocycles. The molecule has 1 rings (SSSR count). The predicted octanol–water partition coefficient (Wildman–Crippen LogP) is 1.56. The van der Waals surface area contributed by atoms with Crippen LogP contribution in [0.3, 0.4) is 0 Å². The number of primary sulfonamides is 1. The quantitative estimate of drug-likeness (QED) is 0.558. The summed E-state index contributed by atoms with van der Waals surface area (Å²) >= 11 is 0. The van der Waals surface area contributed by atoms with Crippen molar-refractivity contribution in [2.75, 3.05) is 6.54 Å². The minimum atomic E-state index is -3.94. The normalized spacial score (nSPS) is 13.1. The number of benzene rings is 1. The van der Waals surface area contributed by atoms with Gasteiger partial charge >= 0.3 is 0 Å². The molecule has 1 unspecified atom stereocenters. The first-order valence-corrected chi connectivity index (χ1v) is 8.37. The summed E-state index contributed by atoms with van der Waals surface area (Å²) in [7, 11) is -3.94. The summed E-state index contributed by atoms with van der Waals surface area (Å²) in [4.78, 5) is 10.3. The molecule has 3 N–H and O–H groups in total. The maximum absolute atomic E-state index is 11.3. The monoisotopic (exact) mass is 315 g/mol. The fourth-order valence-electron chi connectivity index (χ4n) is 2.04. The zero-order valence-electron chi connectivity index (χ0n) is 12.2. The lowest BCUT2D eigenvalue weighted by molar-refractivity contribution is -0.385. The van der Waals surface area contributed by atoms with E-state index in [1.165, 1.54) is 12.1 Å². The molecule has 0 heterocycles. The molecule has 0 aliphatic heterocycles. The van der Waals surface area contributed by atoms with E-state index in [9.17, 15) is 18.5 Å². The number of hydrogen-bond donors (Lipinski definition) is 2. The minimum absolute atomic E-state index is 0.115. The molecule has 0 spiro atoms. The zero-order chi connectivity index (χ0) is 16.0. The average molecular weight is 315 g/mol. The Morgan fingerprint density at radius 1 is 1.38 bits per heavy atom. The second-order valence-corrected chi connectivity index (χ2v) is 6.42. The van der Waals surface area contributed by atoms with Crippen LogP contribution in [0.25, 0.3) is 0 Å². The molecule has 8 heteroatoms. The molecular formula is C13H21N3O4S. The van der Waals surface area contributed by atoms with Gasteiger partial charge in [0.25, 0.3) is 5.69 Å². The van der Waals surface area contributed by atoms with Crippen LogP contribution in [0.15, 0.2) is 23.1 Å². The van der Waals surface area contributed by atoms with Crippen molar-refractivity contribution in [2.24, 2.45) is 5.14 Å². The standard InChI is InChI=1S/C13H21N3O4S/c1-3-7-15-11(4-2)8-10-5-6-12(21(14,19)20)9-13(10)16(17)18/h5-6,9,11,15H,3-4,7-8H2,1-2H3,(H2,14,19,20). The first-order valence-electron chi connectivity index (χ1n) is 6.83. The fourth-order valence-corrected chi connectivity index (χ4v) is 2.57. The number of sulfonamides is 1. The van der Waals surface area contributed by atoms with E-state index in [2.05, 4.69) is 5.32 Å². The molecule has 0 aliphatic carbocycles. The van der Waals surface area contributed by atoms with Gasteiger partial charge in [-0.1, -0.05) is 19.9 Å². The number of nitrogens with one attached hydrogen (secondary N) is 1. The van der Waals surface area contributed by atoms with Crippen molar-refractivity contribution in [2.45, 2.75) is 44.0 Å². The lowest BCUT2D eigenvalue weighted by Gasteiger charge is -2.16. The van der Waals surface area contributed by atoms with Gasteiger partial charge in [0.15, 0.2) is 0 Å². The Balaban J connectivity index is 3.09. The number of nitro benzene ring substituents is 1. The van der Waals surface area contributed by atoms with Gasteiger partial charge in [-0.25, -0.2) is 13.6 Å². The van der Waals surface area contributed by atoms with Crippen LogP contribution in [0.5, 0.6) is 0 Å². The van der Waals surface area contributed by atoms with E-state index < -0.39 is 14.9 Å².